The summed E-state index contributed by atoms with van der Waals surface area (Å²) in [6.07, 6.45) is 4.97. The lowest BCUT2D eigenvalue weighted by molar-refractivity contribution is -0.122. The second kappa shape index (κ2) is 6.86. The van der Waals surface area contributed by atoms with Crippen LogP contribution in [0.4, 0.5) is 0 Å². The minimum atomic E-state index is -0.452. The molecule has 82 valence electrons. The van der Waals surface area contributed by atoms with Crippen LogP contribution in [-0.2, 0) is 16.1 Å². The maximum atomic E-state index is 10.3. The van der Waals surface area contributed by atoms with Crippen molar-refractivity contribution in [2.45, 2.75) is 6.54 Å². The van der Waals surface area contributed by atoms with Crippen molar-refractivity contribution in [2.75, 3.05) is 19.8 Å². The average molecular weight is 210 g/mol. The smallest absolute Gasteiger partial charge is 0.243 e. The molecule has 0 aliphatic rings. The van der Waals surface area contributed by atoms with Gasteiger partial charge in [0.15, 0.2) is 0 Å². The third-order valence-corrected chi connectivity index (χ3v) is 1.61. The standard InChI is InChI=1S/C9H14N4O2/c10-9(14)6-15-2-1-11-3-8-4-12-7-13-5-8/h4-5,7,11H,1-3,6H2,(H2,10,14). The van der Waals surface area contributed by atoms with E-state index in [4.69, 9.17) is 10.5 Å². The van der Waals surface area contributed by atoms with Crippen molar-refractivity contribution in [3.63, 3.8) is 0 Å². The van der Waals surface area contributed by atoms with E-state index < -0.39 is 5.91 Å². The van der Waals surface area contributed by atoms with Crippen molar-refractivity contribution < 1.29 is 9.53 Å². The molecule has 0 aliphatic carbocycles. The molecule has 0 fully saturated rings. The average Bonchev–Trinajstić information content (AvgIpc) is 2.24. The van der Waals surface area contributed by atoms with E-state index in [2.05, 4.69) is 15.3 Å². The highest BCUT2D eigenvalue weighted by atomic mass is 16.5. The van der Waals surface area contributed by atoms with Gasteiger partial charge in [0.25, 0.3) is 0 Å². The minimum absolute atomic E-state index is 0.0316. The second-order valence-electron chi connectivity index (χ2n) is 2.94. The van der Waals surface area contributed by atoms with Crippen LogP contribution in [-0.4, -0.2) is 35.6 Å². The first kappa shape index (κ1) is 11.5. The van der Waals surface area contributed by atoms with E-state index in [0.717, 1.165) is 5.56 Å². The van der Waals surface area contributed by atoms with Crippen LogP contribution in [0.15, 0.2) is 18.7 Å². The van der Waals surface area contributed by atoms with Crippen molar-refractivity contribution in [1.82, 2.24) is 15.3 Å². The van der Waals surface area contributed by atoms with Gasteiger partial charge in [-0.05, 0) is 0 Å². The van der Waals surface area contributed by atoms with Crippen molar-refractivity contribution in [3.05, 3.63) is 24.3 Å². The number of hydrogen-bond donors (Lipinski definition) is 2. The molecule has 6 nitrogen and oxygen atoms in total. The Morgan fingerprint density at radius 1 is 1.47 bits per heavy atom. The molecular weight excluding hydrogens is 196 g/mol. The Hall–Kier alpha value is -1.53. The van der Waals surface area contributed by atoms with E-state index >= 15 is 0 Å². The Morgan fingerprint density at radius 3 is 2.87 bits per heavy atom. The number of aromatic nitrogens is 2. The number of nitrogens with two attached hydrogens (primary N) is 1. The van der Waals surface area contributed by atoms with Gasteiger partial charge in [-0.2, -0.15) is 0 Å². The summed E-state index contributed by atoms with van der Waals surface area (Å²) in [5, 5.41) is 3.12. The predicted octanol–water partition coefficient (Wildman–Crippen LogP) is -0.932. The van der Waals surface area contributed by atoms with Crippen molar-refractivity contribution in [3.8, 4) is 0 Å². The lowest BCUT2D eigenvalue weighted by Gasteiger charge is -2.04. The van der Waals surface area contributed by atoms with Crippen LogP contribution in [0.5, 0.6) is 0 Å². The quantitative estimate of drug-likeness (QED) is 0.567. The van der Waals surface area contributed by atoms with E-state index in [1.54, 1.807) is 12.4 Å². The van der Waals surface area contributed by atoms with Crippen LogP contribution in [0.25, 0.3) is 0 Å². The van der Waals surface area contributed by atoms with Crippen LogP contribution in [0.1, 0.15) is 5.56 Å². The molecule has 0 aliphatic heterocycles. The number of carbonyl (C=O) groups is 1. The van der Waals surface area contributed by atoms with E-state index in [1.807, 2.05) is 0 Å². The molecule has 0 aromatic carbocycles. The highest BCUT2D eigenvalue weighted by molar-refractivity contribution is 5.74. The molecule has 0 unspecified atom stereocenters. The van der Waals surface area contributed by atoms with E-state index in [0.29, 0.717) is 19.7 Å². The fraction of sp³-hybridized carbons (Fsp3) is 0.444. The molecule has 0 bridgehead atoms. The van der Waals surface area contributed by atoms with Crippen LogP contribution in [0, 0.1) is 0 Å². The Balaban J connectivity index is 2.00. The molecule has 6 heteroatoms. The molecule has 3 N–H and O–H groups in total. The first-order valence-corrected chi connectivity index (χ1v) is 4.59. The van der Waals surface area contributed by atoms with E-state index in [9.17, 15) is 4.79 Å². The zero-order valence-electron chi connectivity index (χ0n) is 8.35. The molecule has 1 aromatic heterocycles. The second-order valence-corrected chi connectivity index (χ2v) is 2.94. The molecule has 0 saturated carbocycles. The van der Waals surface area contributed by atoms with Gasteiger partial charge < -0.3 is 15.8 Å². The Morgan fingerprint density at radius 2 is 2.20 bits per heavy atom. The number of amides is 1. The van der Waals surface area contributed by atoms with Gasteiger partial charge in [-0.3, -0.25) is 4.79 Å². The lowest BCUT2D eigenvalue weighted by Crippen LogP contribution is -2.23. The fourth-order valence-corrected chi connectivity index (χ4v) is 0.971. The summed E-state index contributed by atoms with van der Waals surface area (Å²) >= 11 is 0. The van der Waals surface area contributed by atoms with Gasteiger partial charge in [0.1, 0.15) is 12.9 Å². The van der Waals surface area contributed by atoms with Gasteiger partial charge in [0, 0.05) is 31.0 Å². The molecule has 0 saturated heterocycles. The molecule has 1 rings (SSSR count). The van der Waals surface area contributed by atoms with Crippen LogP contribution in [0.3, 0.4) is 0 Å². The number of rotatable bonds is 7. The highest BCUT2D eigenvalue weighted by Crippen LogP contribution is 1.90. The third kappa shape index (κ3) is 5.71. The van der Waals surface area contributed by atoms with Gasteiger partial charge in [0.2, 0.25) is 5.91 Å². The Labute approximate surface area is 87.9 Å². The van der Waals surface area contributed by atoms with Gasteiger partial charge >= 0.3 is 0 Å². The maximum absolute atomic E-state index is 10.3. The van der Waals surface area contributed by atoms with E-state index in [1.165, 1.54) is 6.33 Å². The van der Waals surface area contributed by atoms with Gasteiger partial charge in [0.05, 0.1) is 6.61 Å². The largest absolute Gasteiger partial charge is 0.370 e. The summed E-state index contributed by atoms with van der Waals surface area (Å²) in [6, 6.07) is 0. The summed E-state index contributed by atoms with van der Waals surface area (Å²) < 4.78 is 4.96. The SMILES string of the molecule is NC(=O)COCCNCc1cncnc1. The molecule has 15 heavy (non-hydrogen) atoms. The zero-order chi connectivity index (χ0) is 10.9. The topological polar surface area (TPSA) is 90.1 Å². The van der Waals surface area contributed by atoms with Crippen molar-refractivity contribution >= 4 is 5.91 Å². The molecular formula is C9H14N4O2. The lowest BCUT2D eigenvalue weighted by atomic mass is 10.3. The molecule has 0 radical (unpaired) electrons. The minimum Gasteiger partial charge on any atom is -0.370 e. The summed E-state index contributed by atoms with van der Waals surface area (Å²) in [4.78, 5) is 18.1. The van der Waals surface area contributed by atoms with Crippen LogP contribution in [0.2, 0.25) is 0 Å². The first-order valence-electron chi connectivity index (χ1n) is 4.59. The molecule has 1 amide bonds. The number of carbonyl (C=O) groups excluding carboxylic acids is 1. The highest BCUT2D eigenvalue weighted by Gasteiger charge is 1.94. The van der Waals surface area contributed by atoms with Crippen LogP contribution >= 0.6 is 0 Å². The van der Waals surface area contributed by atoms with Gasteiger partial charge in [-0.15, -0.1) is 0 Å². The van der Waals surface area contributed by atoms with Crippen molar-refractivity contribution in [2.24, 2.45) is 5.73 Å². The number of ether oxygens (including phenoxy) is 1. The third-order valence-electron chi connectivity index (χ3n) is 1.61. The number of hydrogen-bond acceptors (Lipinski definition) is 5. The monoisotopic (exact) mass is 210 g/mol. The molecule has 1 heterocycles. The Kier molecular flexibility index (Phi) is 5.28. The summed E-state index contributed by atoms with van der Waals surface area (Å²) in [7, 11) is 0. The zero-order valence-corrected chi connectivity index (χ0v) is 8.35. The fourth-order valence-electron chi connectivity index (χ4n) is 0.971. The normalized spacial score (nSPS) is 10.1. The van der Waals surface area contributed by atoms with Gasteiger partial charge in [-0.25, -0.2) is 9.97 Å². The Bertz CT molecular complexity index is 291. The molecule has 0 spiro atoms. The summed E-state index contributed by atoms with van der Waals surface area (Å²) in [6.45, 7) is 1.76. The number of nitrogens with zero attached hydrogens (tertiary/aromatic N) is 2. The number of primary amides is 1. The molecule has 1 aromatic rings. The van der Waals surface area contributed by atoms with Crippen molar-refractivity contribution in [1.29, 1.82) is 0 Å². The van der Waals surface area contributed by atoms with E-state index in [-0.39, 0.29) is 6.61 Å². The summed E-state index contributed by atoms with van der Waals surface area (Å²) in [5.74, 6) is -0.452. The van der Waals surface area contributed by atoms with Crippen LogP contribution < -0.4 is 11.1 Å². The van der Waals surface area contributed by atoms with Gasteiger partial charge in [-0.1, -0.05) is 0 Å². The number of nitrogens with one attached hydrogen (secondary N) is 1. The summed E-state index contributed by atoms with van der Waals surface area (Å²) in [5.41, 5.74) is 5.90. The molecule has 0 atom stereocenters. The maximum Gasteiger partial charge on any atom is 0.243 e. The first-order chi connectivity index (χ1) is 7.29. The predicted molar refractivity (Wildman–Crippen MR) is 53.8 cm³/mol.